The van der Waals surface area contributed by atoms with Crippen LogP contribution in [0, 0.1) is 0 Å². The maximum atomic E-state index is 5.51. The number of nitrogens with zero attached hydrogens (tertiary/aromatic N) is 1. The molecule has 1 heterocycles. The average molecular weight is 226 g/mol. The number of nitrogens with one attached hydrogen (secondary N) is 1. The fraction of sp³-hybridized carbons (Fsp3) is 1.00. The van der Waals surface area contributed by atoms with Gasteiger partial charge in [-0.3, -0.25) is 4.90 Å². The molecule has 0 aromatic carbocycles. The third-order valence-electron chi connectivity index (χ3n) is 4.36. The fourth-order valence-corrected chi connectivity index (χ4v) is 3.23. The van der Waals surface area contributed by atoms with E-state index in [0.29, 0.717) is 18.1 Å². The van der Waals surface area contributed by atoms with Gasteiger partial charge in [0.25, 0.3) is 0 Å². The van der Waals surface area contributed by atoms with Crippen molar-refractivity contribution < 1.29 is 4.74 Å². The SMILES string of the molecule is CNC1CCCCCC1N(C)C1CCOC1. The van der Waals surface area contributed by atoms with Gasteiger partial charge in [0, 0.05) is 24.7 Å². The van der Waals surface area contributed by atoms with Gasteiger partial charge in [-0.1, -0.05) is 19.3 Å². The quantitative estimate of drug-likeness (QED) is 0.740. The summed E-state index contributed by atoms with van der Waals surface area (Å²) in [5.74, 6) is 0. The molecule has 94 valence electrons. The van der Waals surface area contributed by atoms with E-state index in [9.17, 15) is 0 Å². The van der Waals surface area contributed by atoms with Crippen LogP contribution >= 0.6 is 0 Å². The number of rotatable bonds is 3. The molecule has 1 saturated carbocycles. The second kappa shape index (κ2) is 5.99. The van der Waals surface area contributed by atoms with Gasteiger partial charge in [-0.25, -0.2) is 0 Å². The minimum atomic E-state index is 0.652. The van der Waals surface area contributed by atoms with E-state index in [1.54, 1.807) is 0 Å². The second-order valence-electron chi connectivity index (χ2n) is 5.28. The standard InChI is InChI=1S/C13H26N2O/c1-14-12-6-4-3-5-7-13(12)15(2)11-8-9-16-10-11/h11-14H,3-10H2,1-2H3. The summed E-state index contributed by atoms with van der Waals surface area (Å²) in [5.41, 5.74) is 0. The van der Waals surface area contributed by atoms with Crippen LogP contribution in [0.4, 0.5) is 0 Å². The van der Waals surface area contributed by atoms with Gasteiger partial charge in [0.1, 0.15) is 0 Å². The lowest BCUT2D eigenvalue weighted by Crippen LogP contribution is -2.50. The molecule has 0 bridgehead atoms. The van der Waals surface area contributed by atoms with Crippen LogP contribution in [-0.4, -0.2) is 50.3 Å². The van der Waals surface area contributed by atoms with Crippen LogP contribution in [0.5, 0.6) is 0 Å². The van der Waals surface area contributed by atoms with E-state index in [4.69, 9.17) is 4.74 Å². The summed E-state index contributed by atoms with van der Waals surface area (Å²) in [7, 11) is 4.40. The maximum absolute atomic E-state index is 5.51. The van der Waals surface area contributed by atoms with Crippen LogP contribution in [0.1, 0.15) is 38.5 Å². The molecule has 2 rings (SSSR count). The summed E-state index contributed by atoms with van der Waals surface area (Å²) in [5, 5.41) is 3.52. The van der Waals surface area contributed by atoms with Gasteiger partial charge in [0.05, 0.1) is 6.61 Å². The Morgan fingerprint density at radius 1 is 1.12 bits per heavy atom. The normalized spacial score (nSPS) is 36.6. The largest absolute Gasteiger partial charge is 0.380 e. The highest BCUT2D eigenvalue weighted by Gasteiger charge is 2.31. The van der Waals surface area contributed by atoms with E-state index in [2.05, 4.69) is 24.3 Å². The molecule has 0 aromatic heterocycles. The Bertz CT molecular complexity index is 204. The average Bonchev–Trinajstić information content (AvgIpc) is 2.73. The summed E-state index contributed by atoms with van der Waals surface area (Å²) in [4.78, 5) is 2.58. The molecular weight excluding hydrogens is 200 g/mol. The Morgan fingerprint density at radius 3 is 2.62 bits per heavy atom. The number of hydrogen-bond acceptors (Lipinski definition) is 3. The molecule has 0 spiro atoms. The zero-order chi connectivity index (χ0) is 11.4. The first-order valence-corrected chi connectivity index (χ1v) is 6.80. The predicted octanol–water partition coefficient (Wildman–Crippen LogP) is 1.63. The molecule has 1 saturated heterocycles. The van der Waals surface area contributed by atoms with E-state index in [1.165, 1.54) is 38.5 Å². The molecule has 1 aliphatic heterocycles. The molecule has 2 fully saturated rings. The molecule has 3 atom stereocenters. The highest BCUT2D eigenvalue weighted by atomic mass is 16.5. The Kier molecular flexibility index (Phi) is 4.62. The monoisotopic (exact) mass is 226 g/mol. The fourth-order valence-electron chi connectivity index (χ4n) is 3.23. The number of likely N-dealkylation sites (N-methyl/N-ethyl adjacent to an activating group) is 2. The zero-order valence-electron chi connectivity index (χ0n) is 10.7. The van der Waals surface area contributed by atoms with Crippen molar-refractivity contribution in [3.63, 3.8) is 0 Å². The first-order valence-electron chi connectivity index (χ1n) is 6.80. The first kappa shape index (κ1) is 12.3. The van der Waals surface area contributed by atoms with Gasteiger partial charge < -0.3 is 10.1 Å². The van der Waals surface area contributed by atoms with Crippen molar-refractivity contribution in [3.8, 4) is 0 Å². The molecule has 3 heteroatoms. The minimum absolute atomic E-state index is 0.652. The summed E-state index contributed by atoms with van der Waals surface area (Å²) in [6.07, 6.45) is 8.07. The van der Waals surface area contributed by atoms with Crippen LogP contribution in [0.25, 0.3) is 0 Å². The molecule has 3 unspecified atom stereocenters. The summed E-state index contributed by atoms with van der Waals surface area (Å²) in [6, 6.07) is 2.03. The molecule has 0 aromatic rings. The van der Waals surface area contributed by atoms with E-state index < -0.39 is 0 Å². The van der Waals surface area contributed by atoms with Gasteiger partial charge in [0.15, 0.2) is 0 Å². The van der Waals surface area contributed by atoms with Crippen LogP contribution < -0.4 is 5.32 Å². The molecule has 1 N–H and O–H groups in total. The van der Waals surface area contributed by atoms with Gasteiger partial charge in [0.2, 0.25) is 0 Å². The Hall–Kier alpha value is -0.120. The molecule has 1 aliphatic carbocycles. The van der Waals surface area contributed by atoms with Crippen LogP contribution in [0.15, 0.2) is 0 Å². The lowest BCUT2D eigenvalue weighted by molar-refractivity contribution is 0.110. The van der Waals surface area contributed by atoms with E-state index in [0.717, 1.165) is 13.2 Å². The van der Waals surface area contributed by atoms with Crippen molar-refractivity contribution in [1.29, 1.82) is 0 Å². The Morgan fingerprint density at radius 2 is 1.94 bits per heavy atom. The topological polar surface area (TPSA) is 24.5 Å². The third-order valence-corrected chi connectivity index (χ3v) is 4.36. The molecular formula is C13H26N2O. The van der Waals surface area contributed by atoms with Crippen LogP contribution in [0.3, 0.4) is 0 Å². The van der Waals surface area contributed by atoms with E-state index >= 15 is 0 Å². The third kappa shape index (κ3) is 2.76. The molecule has 0 radical (unpaired) electrons. The predicted molar refractivity (Wildman–Crippen MR) is 66.7 cm³/mol. The summed E-state index contributed by atoms with van der Waals surface area (Å²) >= 11 is 0. The van der Waals surface area contributed by atoms with Gasteiger partial charge in [-0.15, -0.1) is 0 Å². The Balaban J connectivity index is 1.97. The zero-order valence-corrected chi connectivity index (χ0v) is 10.7. The van der Waals surface area contributed by atoms with Crippen molar-refractivity contribution in [3.05, 3.63) is 0 Å². The summed E-state index contributed by atoms with van der Waals surface area (Å²) in [6.45, 7) is 1.88. The van der Waals surface area contributed by atoms with Gasteiger partial charge in [-0.05, 0) is 33.4 Å². The van der Waals surface area contributed by atoms with Crippen molar-refractivity contribution in [2.45, 2.75) is 56.7 Å². The highest BCUT2D eigenvalue weighted by Crippen LogP contribution is 2.25. The summed E-state index contributed by atoms with van der Waals surface area (Å²) < 4.78 is 5.51. The molecule has 3 nitrogen and oxygen atoms in total. The van der Waals surface area contributed by atoms with Crippen molar-refractivity contribution in [2.24, 2.45) is 0 Å². The van der Waals surface area contributed by atoms with Crippen molar-refractivity contribution in [2.75, 3.05) is 27.3 Å². The van der Waals surface area contributed by atoms with Gasteiger partial charge >= 0.3 is 0 Å². The van der Waals surface area contributed by atoms with E-state index in [-0.39, 0.29) is 0 Å². The van der Waals surface area contributed by atoms with Gasteiger partial charge in [-0.2, -0.15) is 0 Å². The minimum Gasteiger partial charge on any atom is -0.380 e. The molecule has 16 heavy (non-hydrogen) atoms. The van der Waals surface area contributed by atoms with E-state index in [1.807, 2.05) is 0 Å². The van der Waals surface area contributed by atoms with Crippen molar-refractivity contribution >= 4 is 0 Å². The highest BCUT2D eigenvalue weighted by molar-refractivity contribution is 4.88. The Labute approximate surface area is 99.5 Å². The molecule has 2 aliphatic rings. The number of ether oxygens (including phenoxy) is 1. The van der Waals surface area contributed by atoms with Crippen LogP contribution in [-0.2, 0) is 4.74 Å². The lowest BCUT2D eigenvalue weighted by atomic mass is 10.00. The molecule has 0 amide bonds. The van der Waals surface area contributed by atoms with Crippen molar-refractivity contribution in [1.82, 2.24) is 10.2 Å². The van der Waals surface area contributed by atoms with Crippen LogP contribution in [0.2, 0.25) is 0 Å². The smallest absolute Gasteiger partial charge is 0.0622 e. The lowest BCUT2D eigenvalue weighted by Gasteiger charge is -2.36. The second-order valence-corrected chi connectivity index (χ2v) is 5.28. The number of hydrogen-bond donors (Lipinski definition) is 1. The first-order chi connectivity index (χ1) is 7.83. The maximum Gasteiger partial charge on any atom is 0.0622 e.